The van der Waals surface area contributed by atoms with Gasteiger partial charge in [-0.05, 0) is 108 Å². The molecule has 4 nitrogen and oxygen atoms in total. The zero-order chi connectivity index (χ0) is 40.2. The van der Waals surface area contributed by atoms with Gasteiger partial charge in [0.1, 0.15) is 23.0 Å². The Labute approximate surface area is 340 Å². The van der Waals surface area contributed by atoms with Crippen molar-refractivity contribution < 1.29 is 18.1 Å². The number of halogens is 2. The van der Waals surface area contributed by atoms with Crippen LogP contribution in [0.4, 0.5) is 0 Å². The van der Waals surface area contributed by atoms with Crippen molar-refractivity contribution in [1.29, 1.82) is 0 Å². The van der Waals surface area contributed by atoms with Crippen LogP contribution in [0.3, 0.4) is 0 Å². The Balaban J connectivity index is 2.18. The fourth-order valence-corrected chi connectivity index (χ4v) is 8.46. The molecule has 0 amide bonds. The van der Waals surface area contributed by atoms with Gasteiger partial charge >= 0.3 is 0 Å². The average molecular weight is 812 g/mol. The molecule has 0 aliphatic carbocycles. The highest BCUT2D eigenvalue weighted by Crippen LogP contribution is 2.56. The molecule has 0 bridgehead atoms. The van der Waals surface area contributed by atoms with Crippen LogP contribution < -0.4 is 18.1 Å². The summed E-state index contributed by atoms with van der Waals surface area (Å²) in [4.78, 5) is 0. The number of benzene rings is 4. The number of hydrogen-bond acceptors (Lipinski definition) is 4. The third-order valence-electron chi connectivity index (χ3n) is 12.0. The summed E-state index contributed by atoms with van der Waals surface area (Å²) in [5, 5.41) is 1.09. The van der Waals surface area contributed by atoms with Gasteiger partial charge in [0.05, 0.1) is 10.0 Å². The summed E-state index contributed by atoms with van der Waals surface area (Å²) in [5.74, 6) is 2.81. The first kappa shape index (κ1) is 44.2. The number of hydrogen-bond donors (Lipinski definition) is 0. The van der Waals surface area contributed by atoms with Gasteiger partial charge in [0, 0.05) is 22.3 Å². The van der Waals surface area contributed by atoms with E-state index in [0.29, 0.717) is 21.5 Å². The fraction of sp³-hybridized carbons (Fsp3) is 0.478. The molecule has 54 heavy (non-hydrogen) atoms. The predicted octanol–water partition coefficient (Wildman–Crippen LogP) is 16.0. The van der Waals surface area contributed by atoms with Crippen molar-refractivity contribution in [3.63, 3.8) is 0 Å². The Bertz CT molecular complexity index is 1790. The Morgan fingerprint density at radius 3 is 1.06 bits per heavy atom. The molecule has 8 heteroatoms. The Morgan fingerprint density at radius 1 is 0.463 bits per heavy atom. The molecular formula is C46H62Cl2O4P2. The lowest BCUT2D eigenvalue weighted by molar-refractivity contribution is 0.453. The fourth-order valence-electron chi connectivity index (χ4n) is 6.77. The summed E-state index contributed by atoms with van der Waals surface area (Å²) < 4.78 is 26.6. The molecule has 0 aliphatic rings. The maximum absolute atomic E-state index is 7.00. The van der Waals surface area contributed by atoms with Gasteiger partial charge in [0.25, 0.3) is 18.1 Å². The molecule has 2 unspecified atom stereocenters. The van der Waals surface area contributed by atoms with Gasteiger partial charge in [-0.25, -0.2) is 0 Å². The van der Waals surface area contributed by atoms with E-state index in [4.69, 9.17) is 41.3 Å². The standard InChI is InChI=1S/C46H62Cl2O4P2/c1-15-43(7,8)31-27-33(45(11,12)17-3)41(51-53-49-37-25-21-19-23-35(37)47)39(29(31)5)40-30(6)32(44(9,10)16-2)28-34(46(13,14)18-4)42(40)52-54-50-38-26-22-20-24-36(38)48/h19-28,53-54H,15-18H2,1-14H3. The van der Waals surface area contributed by atoms with Gasteiger partial charge in [0.15, 0.2) is 0 Å². The van der Waals surface area contributed by atoms with E-state index in [-0.39, 0.29) is 39.7 Å². The molecule has 0 spiro atoms. The van der Waals surface area contributed by atoms with Crippen LogP contribution in [0.25, 0.3) is 11.1 Å². The topological polar surface area (TPSA) is 36.9 Å². The van der Waals surface area contributed by atoms with E-state index in [9.17, 15) is 0 Å². The predicted molar refractivity (Wildman–Crippen MR) is 237 cm³/mol. The first-order valence-corrected chi connectivity index (χ1v) is 21.7. The lowest BCUT2D eigenvalue weighted by Crippen LogP contribution is -2.25. The van der Waals surface area contributed by atoms with Gasteiger partial charge in [0.2, 0.25) is 0 Å². The minimum absolute atomic E-state index is 0.109. The summed E-state index contributed by atoms with van der Waals surface area (Å²) in [6.45, 7) is 32.1. The van der Waals surface area contributed by atoms with E-state index in [1.165, 1.54) is 22.3 Å². The van der Waals surface area contributed by atoms with Crippen LogP contribution in [0.5, 0.6) is 23.0 Å². The van der Waals surface area contributed by atoms with Crippen LogP contribution in [-0.2, 0) is 21.7 Å². The minimum atomic E-state index is -0.334. The van der Waals surface area contributed by atoms with Crippen LogP contribution in [0.15, 0.2) is 60.7 Å². The van der Waals surface area contributed by atoms with Crippen molar-refractivity contribution in [1.82, 2.24) is 0 Å². The molecule has 294 valence electrons. The second kappa shape index (κ2) is 17.8. The largest absolute Gasteiger partial charge is 0.440 e. The molecule has 4 rings (SSSR count). The first-order valence-electron chi connectivity index (χ1n) is 19.3. The molecule has 0 fully saturated rings. The molecule has 4 aromatic rings. The van der Waals surface area contributed by atoms with E-state index >= 15 is 0 Å². The van der Waals surface area contributed by atoms with Crippen LogP contribution >= 0.6 is 41.3 Å². The molecule has 2 atom stereocenters. The molecule has 0 aliphatic heterocycles. The summed E-state index contributed by atoms with van der Waals surface area (Å²) in [5.41, 5.74) is 8.66. The first-order chi connectivity index (χ1) is 25.3. The van der Waals surface area contributed by atoms with E-state index in [1.54, 1.807) is 0 Å². The maximum atomic E-state index is 7.00. The van der Waals surface area contributed by atoms with Crippen molar-refractivity contribution >= 4 is 41.3 Å². The molecule has 0 heterocycles. The van der Waals surface area contributed by atoms with Crippen LogP contribution in [0.1, 0.15) is 142 Å². The Kier molecular flexibility index (Phi) is 14.5. The molecule has 0 N–H and O–H groups in total. The molecule has 0 saturated carbocycles. The van der Waals surface area contributed by atoms with E-state index < -0.39 is 0 Å². The van der Waals surface area contributed by atoms with Crippen LogP contribution in [-0.4, -0.2) is 0 Å². The van der Waals surface area contributed by atoms with Crippen molar-refractivity contribution in [2.45, 2.75) is 144 Å². The Morgan fingerprint density at radius 2 is 0.759 bits per heavy atom. The van der Waals surface area contributed by atoms with Gasteiger partial charge in [-0.3, -0.25) is 0 Å². The molecule has 0 aromatic heterocycles. The highest BCUT2D eigenvalue weighted by atomic mass is 35.5. The lowest BCUT2D eigenvalue weighted by Gasteiger charge is -2.37. The van der Waals surface area contributed by atoms with E-state index in [1.807, 2.05) is 48.5 Å². The van der Waals surface area contributed by atoms with Gasteiger partial charge in [-0.2, -0.15) is 0 Å². The van der Waals surface area contributed by atoms with Gasteiger partial charge < -0.3 is 18.1 Å². The van der Waals surface area contributed by atoms with Crippen molar-refractivity contribution in [3.05, 3.63) is 104 Å². The summed E-state index contributed by atoms with van der Waals surface area (Å²) in [7, 11) is -0.668. The zero-order valence-electron chi connectivity index (χ0n) is 35.0. The third-order valence-corrected chi connectivity index (χ3v) is 13.9. The lowest BCUT2D eigenvalue weighted by atomic mass is 9.69. The summed E-state index contributed by atoms with van der Waals surface area (Å²) >= 11 is 13.1. The van der Waals surface area contributed by atoms with Gasteiger partial charge in [-0.15, -0.1) is 0 Å². The average Bonchev–Trinajstić information content (AvgIpc) is 3.13. The molecule has 0 radical (unpaired) electrons. The van der Waals surface area contributed by atoms with Crippen molar-refractivity contribution in [2.24, 2.45) is 0 Å². The number of para-hydroxylation sites is 2. The zero-order valence-corrected chi connectivity index (χ0v) is 38.5. The summed E-state index contributed by atoms with van der Waals surface area (Å²) in [6, 6.07) is 19.9. The highest BCUT2D eigenvalue weighted by molar-refractivity contribution is 7.27. The summed E-state index contributed by atoms with van der Waals surface area (Å²) in [6.07, 6.45) is 3.78. The highest BCUT2D eigenvalue weighted by Gasteiger charge is 2.37. The second-order valence-electron chi connectivity index (χ2n) is 17.0. The SMILES string of the molecule is CCC(C)(C)c1cc(C(C)(C)CC)c(OPOc2ccccc2Cl)c(-c2c(C)c(C(C)(C)CC)cc(C(C)(C)CC)c2OPOc2ccccc2Cl)c1C. The normalized spacial score (nSPS) is 13.0. The smallest absolute Gasteiger partial charge is 0.275 e. The molecule has 0 saturated heterocycles. The van der Waals surface area contributed by atoms with E-state index in [2.05, 4.69) is 109 Å². The Hall–Kier alpha value is -2.48. The van der Waals surface area contributed by atoms with Gasteiger partial charge in [-0.1, -0.05) is 143 Å². The monoisotopic (exact) mass is 810 g/mol. The maximum Gasteiger partial charge on any atom is 0.275 e. The van der Waals surface area contributed by atoms with Crippen molar-refractivity contribution in [3.8, 4) is 34.1 Å². The van der Waals surface area contributed by atoms with Crippen LogP contribution in [0.2, 0.25) is 10.0 Å². The van der Waals surface area contributed by atoms with Crippen LogP contribution in [0, 0.1) is 13.8 Å². The molecular weight excluding hydrogens is 749 g/mol. The molecule has 4 aromatic carbocycles. The van der Waals surface area contributed by atoms with E-state index in [0.717, 1.165) is 59.4 Å². The van der Waals surface area contributed by atoms with Crippen molar-refractivity contribution in [2.75, 3.05) is 0 Å². The quantitative estimate of drug-likeness (QED) is 0.0996. The second-order valence-corrected chi connectivity index (χ2v) is 19.0. The third kappa shape index (κ3) is 9.37. The minimum Gasteiger partial charge on any atom is -0.440 e. The number of rotatable bonds is 17.